The molecular formula is C13H14BrN3. The van der Waals surface area contributed by atoms with Gasteiger partial charge in [-0.05, 0) is 36.8 Å². The Balaban J connectivity index is 2.40. The van der Waals surface area contributed by atoms with Crippen molar-refractivity contribution in [2.24, 2.45) is 0 Å². The second-order valence-corrected chi connectivity index (χ2v) is 4.86. The third kappa shape index (κ3) is 2.58. The third-order valence-electron chi connectivity index (χ3n) is 2.58. The number of hydrogen-bond acceptors (Lipinski definition) is 3. The molecule has 0 aliphatic heterocycles. The fourth-order valence-electron chi connectivity index (χ4n) is 1.75. The minimum absolute atomic E-state index is 0.689. The molecule has 4 heteroatoms. The van der Waals surface area contributed by atoms with Crippen molar-refractivity contribution in [1.82, 2.24) is 4.98 Å². The van der Waals surface area contributed by atoms with Crippen LogP contribution in [-0.2, 0) is 0 Å². The molecule has 2 N–H and O–H groups in total. The van der Waals surface area contributed by atoms with E-state index >= 15 is 0 Å². The van der Waals surface area contributed by atoms with E-state index in [-0.39, 0.29) is 0 Å². The predicted octanol–water partition coefficient (Wildman–Crippen LogP) is 3.50. The molecule has 0 fully saturated rings. The van der Waals surface area contributed by atoms with Crippen LogP contribution in [0.2, 0.25) is 0 Å². The van der Waals surface area contributed by atoms with Crippen LogP contribution in [0, 0.1) is 6.92 Å². The summed E-state index contributed by atoms with van der Waals surface area (Å²) in [5.41, 5.74) is 8.54. The van der Waals surface area contributed by atoms with E-state index in [1.54, 1.807) is 6.20 Å². The van der Waals surface area contributed by atoms with Crippen LogP contribution in [0.1, 0.15) is 5.56 Å². The maximum Gasteiger partial charge on any atom is 0.135 e. The maximum atomic E-state index is 5.70. The van der Waals surface area contributed by atoms with Gasteiger partial charge in [0.05, 0.1) is 11.9 Å². The van der Waals surface area contributed by atoms with Gasteiger partial charge in [-0.15, -0.1) is 0 Å². The van der Waals surface area contributed by atoms with Crippen LogP contribution in [0.4, 0.5) is 17.2 Å². The number of benzene rings is 1. The van der Waals surface area contributed by atoms with Crippen LogP contribution in [0.3, 0.4) is 0 Å². The van der Waals surface area contributed by atoms with Gasteiger partial charge in [0.25, 0.3) is 0 Å². The fraction of sp³-hybridized carbons (Fsp3) is 0.154. The number of hydrogen-bond donors (Lipinski definition) is 1. The number of rotatable bonds is 2. The average Bonchev–Trinajstić information content (AvgIpc) is 2.28. The van der Waals surface area contributed by atoms with Crippen LogP contribution >= 0.6 is 15.9 Å². The van der Waals surface area contributed by atoms with E-state index < -0.39 is 0 Å². The number of aryl methyl sites for hydroxylation is 1. The molecule has 1 aromatic heterocycles. The number of anilines is 3. The number of nitrogens with two attached hydrogens (primary N) is 1. The van der Waals surface area contributed by atoms with E-state index in [2.05, 4.69) is 27.0 Å². The molecule has 88 valence electrons. The SMILES string of the molecule is Cc1cc(N)cnc1N(C)c1cccc(Br)c1. The second kappa shape index (κ2) is 4.75. The lowest BCUT2D eigenvalue weighted by molar-refractivity contribution is 1.10. The van der Waals surface area contributed by atoms with Gasteiger partial charge in [0.15, 0.2) is 0 Å². The Bertz CT molecular complexity index is 540. The summed E-state index contributed by atoms with van der Waals surface area (Å²) in [6.07, 6.45) is 1.68. The highest BCUT2D eigenvalue weighted by molar-refractivity contribution is 9.10. The third-order valence-corrected chi connectivity index (χ3v) is 3.08. The summed E-state index contributed by atoms with van der Waals surface area (Å²) in [5, 5.41) is 0. The molecule has 1 aromatic carbocycles. The van der Waals surface area contributed by atoms with Crippen LogP contribution in [0.25, 0.3) is 0 Å². The Kier molecular flexibility index (Phi) is 3.33. The van der Waals surface area contributed by atoms with E-state index in [0.717, 1.165) is 21.5 Å². The molecule has 0 radical (unpaired) electrons. The van der Waals surface area contributed by atoms with Crippen molar-refractivity contribution in [1.29, 1.82) is 0 Å². The monoisotopic (exact) mass is 291 g/mol. The van der Waals surface area contributed by atoms with Gasteiger partial charge in [0.1, 0.15) is 5.82 Å². The molecule has 0 amide bonds. The molecule has 0 bridgehead atoms. The highest BCUT2D eigenvalue weighted by atomic mass is 79.9. The molecular weight excluding hydrogens is 278 g/mol. The quantitative estimate of drug-likeness (QED) is 0.921. The van der Waals surface area contributed by atoms with E-state index in [4.69, 9.17) is 5.73 Å². The zero-order valence-electron chi connectivity index (χ0n) is 9.81. The first-order valence-corrected chi connectivity index (χ1v) is 6.08. The first-order chi connectivity index (χ1) is 8.08. The fourth-order valence-corrected chi connectivity index (χ4v) is 2.13. The lowest BCUT2D eigenvalue weighted by Gasteiger charge is -2.20. The van der Waals surface area contributed by atoms with Gasteiger partial charge in [-0.1, -0.05) is 22.0 Å². The number of pyridine rings is 1. The highest BCUT2D eigenvalue weighted by Crippen LogP contribution is 2.27. The molecule has 0 unspecified atom stereocenters. The van der Waals surface area contributed by atoms with Crippen LogP contribution < -0.4 is 10.6 Å². The normalized spacial score (nSPS) is 10.3. The van der Waals surface area contributed by atoms with Gasteiger partial charge in [0.2, 0.25) is 0 Å². The molecule has 0 aliphatic rings. The predicted molar refractivity (Wildman–Crippen MR) is 75.6 cm³/mol. The molecule has 17 heavy (non-hydrogen) atoms. The van der Waals surface area contributed by atoms with Gasteiger partial charge < -0.3 is 10.6 Å². The van der Waals surface area contributed by atoms with Crippen molar-refractivity contribution >= 4 is 33.1 Å². The van der Waals surface area contributed by atoms with Crippen molar-refractivity contribution in [2.75, 3.05) is 17.7 Å². The molecule has 0 spiro atoms. The van der Waals surface area contributed by atoms with Crippen LogP contribution in [0.5, 0.6) is 0 Å². The molecule has 0 saturated carbocycles. The summed E-state index contributed by atoms with van der Waals surface area (Å²) in [6.45, 7) is 2.01. The molecule has 3 nitrogen and oxygen atoms in total. The molecule has 2 rings (SSSR count). The summed E-state index contributed by atoms with van der Waals surface area (Å²) < 4.78 is 1.05. The maximum absolute atomic E-state index is 5.70. The van der Waals surface area contributed by atoms with Gasteiger partial charge in [-0.3, -0.25) is 0 Å². The standard InChI is InChI=1S/C13H14BrN3/c1-9-6-11(15)8-16-13(9)17(2)12-5-3-4-10(14)7-12/h3-8H,15H2,1-2H3. The molecule has 2 aromatic rings. The van der Waals surface area contributed by atoms with Gasteiger partial charge in [-0.2, -0.15) is 0 Å². The first-order valence-electron chi connectivity index (χ1n) is 5.29. The molecule has 0 aliphatic carbocycles. The Labute approximate surface area is 109 Å². The first kappa shape index (κ1) is 11.9. The summed E-state index contributed by atoms with van der Waals surface area (Å²) in [7, 11) is 1.99. The number of halogens is 1. The average molecular weight is 292 g/mol. The zero-order valence-corrected chi connectivity index (χ0v) is 11.4. The van der Waals surface area contributed by atoms with Gasteiger partial charge in [-0.25, -0.2) is 4.98 Å². The zero-order chi connectivity index (χ0) is 12.4. The largest absolute Gasteiger partial charge is 0.397 e. The molecule has 0 saturated heterocycles. The Morgan fingerprint density at radius 2 is 2.06 bits per heavy atom. The van der Waals surface area contributed by atoms with Crippen molar-refractivity contribution in [3.05, 3.63) is 46.6 Å². The van der Waals surface area contributed by atoms with Crippen molar-refractivity contribution in [3.8, 4) is 0 Å². The summed E-state index contributed by atoms with van der Waals surface area (Å²) in [4.78, 5) is 6.41. The molecule has 1 heterocycles. The number of nitrogen functional groups attached to an aromatic ring is 1. The Morgan fingerprint density at radius 3 is 2.71 bits per heavy atom. The van der Waals surface area contributed by atoms with Crippen molar-refractivity contribution in [3.63, 3.8) is 0 Å². The minimum atomic E-state index is 0.689. The highest BCUT2D eigenvalue weighted by Gasteiger charge is 2.08. The molecule has 0 atom stereocenters. The Hall–Kier alpha value is -1.55. The minimum Gasteiger partial charge on any atom is -0.397 e. The van der Waals surface area contributed by atoms with E-state index in [0.29, 0.717) is 5.69 Å². The number of nitrogens with zero attached hydrogens (tertiary/aromatic N) is 2. The second-order valence-electron chi connectivity index (χ2n) is 3.95. The van der Waals surface area contributed by atoms with E-state index in [9.17, 15) is 0 Å². The van der Waals surface area contributed by atoms with Gasteiger partial charge >= 0.3 is 0 Å². The lowest BCUT2D eigenvalue weighted by Crippen LogP contribution is -2.12. The summed E-state index contributed by atoms with van der Waals surface area (Å²) in [5.74, 6) is 0.914. The van der Waals surface area contributed by atoms with Gasteiger partial charge in [0, 0.05) is 17.2 Å². The van der Waals surface area contributed by atoms with E-state index in [1.807, 2.05) is 43.1 Å². The smallest absolute Gasteiger partial charge is 0.135 e. The summed E-state index contributed by atoms with van der Waals surface area (Å²) >= 11 is 3.47. The topological polar surface area (TPSA) is 42.1 Å². The van der Waals surface area contributed by atoms with Crippen LogP contribution in [0.15, 0.2) is 41.0 Å². The van der Waals surface area contributed by atoms with Crippen LogP contribution in [-0.4, -0.2) is 12.0 Å². The summed E-state index contributed by atoms with van der Waals surface area (Å²) in [6, 6.07) is 10.0. The van der Waals surface area contributed by atoms with Crippen molar-refractivity contribution in [2.45, 2.75) is 6.92 Å². The van der Waals surface area contributed by atoms with Crippen molar-refractivity contribution < 1.29 is 0 Å². The van der Waals surface area contributed by atoms with E-state index in [1.165, 1.54) is 0 Å². The number of aromatic nitrogens is 1. The Morgan fingerprint density at radius 1 is 1.29 bits per heavy atom. The lowest BCUT2D eigenvalue weighted by atomic mass is 10.2.